The van der Waals surface area contributed by atoms with Crippen molar-refractivity contribution in [2.75, 3.05) is 24.2 Å². The highest BCUT2D eigenvalue weighted by Crippen LogP contribution is 2.24. The Labute approximate surface area is 109 Å². The highest BCUT2D eigenvalue weighted by molar-refractivity contribution is 7.09. The summed E-state index contributed by atoms with van der Waals surface area (Å²) in [5.41, 5.74) is 6.27. The Morgan fingerprint density at radius 1 is 1.47 bits per heavy atom. The fourth-order valence-corrected chi connectivity index (χ4v) is 2.33. The van der Waals surface area contributed by atoms with Crippen LogP contribution in [0.5, 0.6) is 0 Å². The second kappa shape index (κ2) is 5.33. The first-order valence-corrected chi connectivity index (χ1v) is 6.43. The molecule has 0 saturated carbocycles. The molecule has 17 heavy (non-hydrogen) atoms. The van der Waals surface area contributed by atoms with Crippen LogP contribution in [0, 0.1) is 0 Å². The minimum absolute atomic E-state index is 0.304. The molecular formula is C11H13ClN4S. The van der Waals surface area contributed by atoms with Crippen LogP contribution in [0.3, 0.4) is 0 Å². The van der Waals surface area contributed by atoms with Crippen LogP contribution < -0.4 is 10.6 Å². The lowest BCUT2D eigenvalue weighted by atomic mass is 10.3. The fraction of sp³-hybridized carbons (Fsp3) is 0.273. The predicted octanol–water partition coefficient (Wildman–Crippen LogP) is 2.45. The van der Waals surface area contributed by atoms with E-state index in [0.29, 0.717) is 16.7 Å². The molecule has 2 N–H and O–H groups in total. The number of rotatable bonds is 4. The van der Waals surface area contributed by atoms with Gasteiger partial charge in [-0.3, -0.25) is 0 Å². The van der Waals surface area contributed by atoms with Gasteiger partial charge in [0.1, 0.15) is 12.0 Å². The molecule has 0 aliphatic rings. The van der Waals surface area contributed by atoms with E-state index in [9.17, 15) is 0 Å². The van der Waals surface area contributed by atoms with Crippen LogP contribution in [0.1, 0.15) is 4.88 Å². The van der Waals surface area contributed by atoms with Crippen molar-refractivity contribution in [3.05, 3.63) is 33.9 Å². The quantitative estimate of drug-likeness (QED) is 0.866. The summed E-state index contributed by atoms with van der Waals surface area (Å²) in [5.74, 6) is 0.682. The van der Waals surface area contributed by atoms with Crippen LogP contribution in [0.25, 0.3) is 0 Å². The molecule has 2 aromatic heterocycles. The average molecular weight is 269 g/mol. The Hall–Kier alpha value is -1.33. The van der Waals surface area contributed by atoms with Crippen molar-refractivity contribution >= 4 is 34.4 Å². The predicted molar refractivity (Wildman–Crippen MR) is 72.7 cm³/mol. The molecule has 2 aromatic rings. The Morgan fingerprint density at radius 3 is 3.00 bits per heavy atom. The van der Waals surface area contributed by atoms with Crippen molar-refractivity contribution in [3.63, 3.8) is 0 Å². The molecule has 0 radical (unpaired) electrons. The molecule has 90 valence electrons. The van der Waals surface area contributed by atoms with Gasteiger partial charge in [-0.25, -0.2) is 9.97 Å². The first-order valence-electron chi connectivity index (χ1n) is 5.18. The summed E-state index contributed by atoms with van der Waals surface area (Å²) < 4.78 is 0. The maximum Gasteiger partial charge on any atom is 0.157 e. The van der Waals surface area contributed by atoms with Crippen LogP contribution in [0.15, 0.2) is 23.8 Å². The number of likely N-dealkylation sites (N-methyl/N-ethyl adjacent to an activating group) is 1. The fourth-order valence-electron chi connectivity index (χ4n) is 1.51. The van der Waals surface area contributed by atoms with Gasteiger partial charge in [-0.1, -0.05) is 17.7 Å². The van der Waals surface area contributed by atoms with Gasteiger partial charge in [0, 0.05) is 18.5 Å². The van der Waals surface area contributed by atoms with Crippen molar-refractivity contribution in [3.8, 4) is 0 Å². The van der Waals surface area contributed by atoms with Crippen LogP contribution in [0.4, 0.5) is 11.5 Å². The molecular weight excluding hydrogens is 256 g/mol. The van der Waals surface area contributed by atoms with Gasteiger partial charge in [0.05, 0.1) is 0 Å². The molecule has 2 heterocycles. The maximum atomic E-state index is 5.86. The SMILES string of the molecule is CN(CCc1cccs1)c1ncnc(Cl)c1N. The van der Waals surface area contributed by atoms with E-state index in [4.69, 9.17) is 17.3 Å². The molecule has 0 fully saturated rings. The van der Waals surface area contributed by atoms with E-state index in [1.54, 1.807) is 11.3 Å². The van der Waals surface area contributed by atoms with Crippen molar-refractivity contribution in [1.82, 2.24) is 9.97 Å². The molecule has 2 rings (SSSR count). The lowest BCUT2D eigenvalue weighted by Gasteiger charge is -2.19. The van der Waals surface area contributed by atoms with Crippen molar-refractivity contribution in [2.45, 2.75) is 6.42 Å². The first kappa shape index (κ1) is 12.1. The van der Waals surface area contributed by atoms with E-state index < -0.39 is 0 Å². The molecule has 0 amide bonds. The standard InChI is InChI=1S/C11H13ClN4S/c1-16(5-4-8-3-2-6-17-8)11-9(13)10(12)14-7-15-11/h2-3,6-7H,4-5,13H2,1H3. The van der Waals surface area contributed by atoms with Crippen LogP contribution in [-0.2, 0) is 6.42 Å². The van der Waals surface area contributed by atoms with E-state index in [1.807, 2.05) is 11.9 Å². The highest BCUT2D eigenvalue weighted by atomic mass is 35.5. The molecule has 0 spiro atoms. The molecule has 0 unspecified atom stereocenters. The van der Waals surface area contributed by atoms with Gasteiger partial charge in [-0.05, 0) is 17.9 Å². The Kier molecular flexibility index (Phi) is 3.81. The van der Waals surface area contributed by atoms with Gasteiger partial charge >= 0.3 is 0 Å². The largest absolute Gasteiger partial charge is 0.393 e. The number of nitrogens with two attached hydrogens (primary N) is 1. The number of thiophene rings is 1. The van der Waals surface area contributed by atoms with E-state index in [0.717, 1.165) is 13.0 Å². The number of halogens is 1. The smallest absolute Gasteiger partial charge is 0.157 e. The summed E-state index contributed by atoms with van der Waals surface area (Å²) in [7, 11) is 1.95. The summed E-state index contributed by atoms with van der Waals surface area (Å²) in [5, 5.41) is 2.38. The average Bonchev–Trinajstić information content (AvgIpc) is 2.82. The third-order valence-corrected chi connectivity index (χ3v) is 3.69. The minimum Gasteiger partial charge on any atom is -0.393 e. The monoisotopic (exact) mass is 268 g/mol. The van der Waals surface area contributed by atoms with Gasteiger partial charge in [0.15, 0.2) is 11.0 Å². The van der Waals surface area contributed by atoms with E-state index in [-0.39, 0.29) is 0 Å². The van der Waals surface area contributed by atoms with Crippen LogP contribution >= 0.6 is 22.9 Å². The van der Waals surface area contributed by atoms with Gasteiger partial charge in [0.2, 0.25) is 0 Å². The minimum atomic E-state index is 0.304. The molecule has 0 aromatic carbocycles. The second-order valence-electron chi connectivity index (χ2n) is 3.65. The Bertz CT molecular complexity index is 486. The number of anilines is 2. The zero-order valence-electron chi connectivity index (χ0n) is 9.43. The Balaban J connectivity index is 2.04. The van der Waals surface area contributed by atoms with Crippen molar-refractivity contribution in [2.24, 2.45) is 0 Å². The normalized spacial score (nSPS) is 10.5. The Morgan fingerprint density at radius 2 is 2.29 bits per heavy atom. The molecule has 0 atom stereocenters. The first-order chi connectivity index (χ1) is 8.18. The molecule has 6 heteroatoms. The molecule has 0 bridgehead atoms. The lowest BCUT2D eigenvalue weighted by molar-refractivity contribution is 0.866. The van der Waals surface area contributed by atoms with E-state index >= 15 is 0 Å². The third kappa shape index (κ3) is 2.87. The molecule has 0 aliphatic carbocycles. The summed E-state index contributed by atoms with van der Waals surface area (Å²) in [6, 6.07) is 4.17. The van der Waals surface area contributed by atoms with E-state index in [2.05, 4.69) is 27.5 Å². The summed E-state index contributed by atoms with van der Waals surface area (Å²) in [6.07, 6.45) is 2.39. The van der Waals surface area contributed by atoms with Crippen LogP contribution in [-0.4, -0.2) is 23.6 Å². The molecule has 0 aliphatic heterocycles. The van der Waals surface area contributed by atoms with Gasteiger partial charge in [-0.15, -0.1) is 11.3 Å². The number of hydrogen-bond donors (Lipinski definition) is 1. The zero-order chi connectivity index (χ0) is 12.3. The van der Waals surface area contributed by atoms with Crippen LogP contribution in [0.2, 0.25) is 5.15 Å². The summed E-state index contributed by atoms with van der Waals surface area (Å²) in [4.78, 5) is 11.3. The van der Waals surface area contributed by atoms with Crippen molar-refractivity contribution < 1.29 is 0 Å². The summed E-state index contributed by atoms with van der Waals surface area (Å²) >= 11 is 7.61. The zero-order valence-corrected chi connectivity index (χ0v) is 11.0. The topological polar surface area (TPSA) is 55.0 Å². The number of aromatic nitrogens is 2. The summed E-state index contributed by atoms with van der Waals surface area (Å²) in [6.45, 7) is 0.845. The number of hydrogen-bond acceptors (Lipinski definition) is 5. The maximum absolute atomic E-state index is 5.86. The van der Waals surface area contributed by atoms with Gasteiger partial charge < -0.3 is 10.6 Å². The molecule has 4 nitrogen and oxygen atoms in total. The van der Waals surface area contributed by atoms with Gasteiger partial charge in [0.25, 0.3) is 0 Å². The molecule has 0 saturated heterocycles. The van der Waals surface area contributed by atoms with Crippen molar-refractivity contribution in [1.29, 1.82) is 0 Å². The number of nitrogens with zero attached hydrogens (tertiary/aromatic N) is 3. The highest BCUT2D eigenvalue weighted by Gasteiger charge is 2.10. The number of nitrogen functional groups attached to an aromatic ring is 1. The lowest BCUT2D eigenvalue weighted by Crippen LogP contribution is -2.22. The second-order valence-corrected chi connectivity index (χ2v) is 5.04. The van der Waals surface area contributed by atoms with E-state index in [1.165, 1.54) is 11.2 Å². The third-order valence-electron chi connectivity index (χ3n) is 2.45. The van der Waals surface area contributed by atoms with Gasteiger partial charge in [-0.2, -0.15) is 0 Å².